The second-order valence-corrected chi connectivity index (χ2v) is 7.43. The molecule has 0 amide bonds. The van der Waals surface area contributed by atoms with Crippen LogP contribution in [0.15, 0.2) is 59.9 Å². The van der Waals surface area contributed by atoms with Gasteiger partial charge in [0.1, 0.15) is 17.1 Å². The summed E-state index contributed by atoms with van der Waals surface area (Å²) in [5, 5.41) is 33.5. The van der Waals surface area contributed by atoms with Crippen LogP contribution in [0.2, 0.25) is 0 Å². The molecule has 32 heavy (non-hydrogen) atoms. The average Bonchev–Trinajstić information content (AvgIpc) is 3.30. The fourth-order valence-electron chi connectivity index (χ4n) is 2.91. The largest absolute Gasteiger partial charge is 0.507 e. The Morgan fingerprint density at radius 1 is 1.25 bits per heavy atom. The van der Waals surface area contributed by atoms with E-state index in [4.69, 9.17) is 4.42 Å². The van der Waals surface area contributed by atoms with Crippen LogP contribution < -0.4 is 11.2 Å². The number of aromatic hydroxyl groups is 1. The minimum absolute atomic E-state index is 0.00200. The third-order valence-corrected chi connectivity index (χ3v) is 5.20. The van der Waals surface area contributed by atoms with E-state index in [-0.39, 0.29) is 45.0 Å². The lowest BCUT2D eigenvalue weighted by atomic mass is 10.2. The Labute approximate surface area is 182 Å². The number of aromatic nitrogens is 3. The van der Waals surface area contributed by atoms with Gasteiger partial charge in [-0.05, 0) is 19.9 Å². The molecule has 13 heteroatoms. The summed E-state index contributed by atoms with van der Waals surface area (Å²) in [6.07, 6.45) is 0. The SMILES string of the molecule is Cc1cc(O)c(-c2csc(-n3[nH]c(C)c(N=Nc4ccccc4[N+](=O)[O-])c3=O)n2)c(=O)o1. The maximum Gasteiger partial charge on any atom is 0.349 e. The Morgan fingerprint density at radius 2 is 2.00 bits per heavy atom. The smallest absolute Gasteiger partial charge is 0.349 e. The highest BCUT2D eigenvalue weighted by Crippen LogP contribution is 2.30. The van der Waals surface area contributed by atoms with Crippen LogP contribution in [-0.2, 0) is 0 Å². The molecular weight excluding hydrogens is 440 g/mol. The zero-order valence-electron chi connectivity index (χ0n) is 16.6. The molecule has 0 unspecified atom stereocenters. The van der Waals surface area contributed by atoms with Crippen molar-refractivity contribution in [3.63, 3.8) is 0 Å². The summed E-state index contributed by atoms with van der Waals surface area (Å²) in [6, 6.07) is 7.05. The Kier molecular flexibility index (Phi) is 5.24. The minimum Gasteiger partial charge on any atom is -0.507 e. The number of aryl methyl sites for hydroxylation is 2. The Hall–Kier alpha value is -4.39. The first-order valence-corrected chi connectivity index (χ1v) is 9.91. The van der Waals surface area contributed by atoms with Crippen molar-refractivity contribution in [2.24, 2.45) is 10.2 Å². The van der Waals surface area contributed by atoms with E-state index >= 15 is 0 Å². The number of benzene rings is 1. The van der Waals surface area contributed by atoms with Gasteiger partial charge in [0.15, 0.2) is 11.4 Å². The molecule has 0 spiro atoms. The molecule has 0 atom stereocenters. The number of azo groups is 1. The van der Waals surface area contributed by atoms with Gasteiger partial charge in [-0.25, -0.2) is 9.78 Å². The lowest BCUT2D eigenvalue weighted by Crippen LogP contribution is -2.14. The van der Waals surface area contributed by atoms with E-state index < -0.39 is 16.1 Å². The molecule has 3 aromatic heterocycles. The summed E-state index contributed by atoms with van der Waals surface area (Å²) in [5.41, 5.74) is -1.28. The van der Waals surface area contributed by atoms with Crippen molar-refractivity contribution in [2.75, 3.05) is 0 Å². The van der Waals surface area contributed by atoms with Gasteiger partial charge in [-0.2, -0.15) is 4.68 Å². The average molecular weight is 454 g/mol. The third kappa shape index (κ3) is 3.72. The van der Waals surface area contributed by atoms with Gasteiger partial charge in [0.05, 0.1) is 16.3 Å². The van der Waals surface area contributed by atoms with E-state index in [0.29, 0.717) is 5.69 Å². The highest BCUT2D eigenvalue weighted by Gasteiger charge is 2.19. The van der Waals surface area contributed by atoms with Crippen LogP contribution in [0.3, 0.4) is 0 Å². The maximum atomic E-state index is 12.8. The van der Waals surface area contributed by atoms with Crippen LogP contribution in [0.5, 0.6) is 5.75 Å². The monoisotopic (exact) mass is 454 g/mol. The first-order valence-electron chi connectivity index (χ1n) is 9.03. The second kappa shape index (κ2) is 8.03. The van der Waals surface area contributed by atoms with Crippen molar-refractivity contribution in [3.8, 4) is 22.1 Å². The van der Waals surface area contributed by atoms with E-state index in [1.165, 1.54) is 36.6 Å². The molecule has 0 bridgehead atoms. The third-order valence-electron chi connectivity index (χ3n) is 4.37. The Balaban J connectivity index is 1.72. The number of thiazole rings is 1. The first kappa shape index (κ1) is 20.9. The molecule has 0 fully saturated rings. The van der Waals surface area contributed by atoms with E-state index in [0.717, 1.165) is 16.0 Å². The van der Waals surface area contributed by atoms with Crippen molar-refractivity contribution in [1.29, 1.82) is 0 Å². The van der Waals surface area contributed by atoms with Crippen LogP contribution in [0.1, 0.15) is 11.5 Å². The van der Waals surface area contributed by atoms with Gasteiger partial charge in [0.25, 0.3) is 5.69 Å². The summed E-state index contributed by atoms with van der Waals surface area (Å²) >= 11 is 1.04. The van der Waals surface area contributed by atoms with Gasteiger partial charge in [-0.1, -0.05) is 12.1 Å². The van der Waals surface area contributed by atoms with Gasteiger partial charge in [0.2, 0.25) is 5.13 Å². The van der Waals surface area contributed by atoms with Crippen LogP contribution in [0.25, 0.3) is 16.4 Å². The van der Waals surface area contributed by atoms with Crippen molar-refractivity contribution >= 4 is 28.4 Å². The summed E-state index contributed by atoms with van der Waals surface area (Å²) in [4.78, 5) is 39.7. The summed E-state index contributed by atoms with van der Waals surface area (Å²) < 4.78 is 6.10. The van der Waals surface area contributed by atoms with Crippen LogP contribution in [-0.4, -0.2) is 24.8 Å². The molecule has 2 N–H and O–H groups in total. The second-order valence-electron chi connectivity index (χ2n) is 6.59. The zero-order valence-corrected chi connectivity index (χ0v) is 17.4. The predicted octanol–water partition coefficient (Wildman–Crippen LogP) is 3.89. The van der Waals surface area contributed by atoms with Crippen LogP contribution in [0.4, 0.5) is 17.1 Å². The van der Waals surface area contributed by atoms with Crippen molar-refractivity contribution in [1.82, 2.24) is 14.8 Å². The fourth-order valence-corrected chi connectivity index (χ4v) is 3.68. The first-order chi connectivity index (χ1) is 15.3. The maximum absolute atomic E-state index is 12.8. The Bertz CT molecular complexity index is 1490. The lowest BCUT2D eigenvalue weighted by molar-refractivity contribution is -0.384. The number of aromatic amines is 1. The van der Waals surface area contributed by atoms with Gasteiger partial charge in [-0.15, -0.1) is 21.6 Å². The summed E-state index contributed by atoms with van der Waals surface area (Å²) in [5.74, 6) is -0.0406. The van der Waals surface area contributed by atoms with Crippen molar-refractivity contribution in [3.05, 3.63) is 78.1 Å². The molecule has 4 aromatic rings. The number of rotatable bonds is 5. The number of nitro benzene ring substituents is 1. The molecule has 0 radical (unpaired) electrons. The molecule has 3 heterocycles. The molecule has 0 saturated carbocycles. The number of nitrogens with zero attached hydrogens (tertiary/aromatic N) is 5. The number of hydrogen-bond donors (Lipinski definition) is 2. The number of nitro groups is 1. The molecular formula is C19H14N6O6S. The highest BCUT2D eigenvalue weighted by molar-refractivity contribution is 7.12. The van der Waals surface area contributed by atoms with Crippen LogP contribution >= 0.6 is 11.3 Å². The predicted molar refractivity (Wildman–Crippen MR) is 114 cm³/mol. The normalized spacial score (nSPS) is 11.3. The number of H-pyrrole nitrogens is 1. The molecule has 12 nitrogen and oxygen atoms in total. The molecule has 0 aliphatic rings. The molecule has 0 saturated heterocycles. The molecule has 4 rings (SSSR count). The quantitative estimate of drug-likeness (QED) is 0.262. The lowest BCUT2D eigenvalue weighted by Gasteiger charge is -2.00. The van der Waals surface area contributed by atoms with Crippen molar-refractivity contribution < 1.29 is 14.4 Å². The summed E-state index contributed by atoms with van der Waals surface area (Å²) in [6.45, 7) is 3.11. The Morgan fingerprint density at radius 3 is 2.72 bits per heavy atom. The van der Waals surface area contributed by atoms with E-state index in [1.807, 2.05) is 0 Å². The number of nitrogens with one attached hydrogen (secondary N) is 1. The van der Waals surface area contributed by atoms with Gasteiger partial charge in [0, 0.05) is 17.5 Å². The van der Waals surface area contributed by atoms with Gasteiger partial charge in [-0.3, -0.25) is 20.0 Å². The van der Waals surface area contributed by atoms with Gasteiger partial charge >= 0.3 is 11.2 Å². The topological polar surface area (TPSA) is 169 Å². The fraction of sp³-hybridized carbons (Fsp3) is 0.105. The number of hydrogen-bond acceptors (Lipinski definition) is 10. The number of para-hydroxylation sites is 1. The highest BCUT2D eigenvalue weighted by atomic mass is 32.1. The molecule has 0 aliphatic carbocycles. The van der Waals surface area contributed by atoms with Crippen molar-refractivity contribution in [2.45, 2.75) is 13.8 Å². The van der Waals surface area contributed by atoms with E-state index in [2.05, 4.69) is 20.3 Å². The molecule has 1 aromatic carbocycles. The van der Waals surface area contributed by atoms with E-state index in [1.54, 1.807) is 13.0 Å². The van der Waals surface area contributed by atoms with Gasteiger partial charge < -0.3 is 9.52 Å². The molecule has 162 valence electrons. The standard InChI is InChI=1S/C19H14N6O6S/c1-9-7-14(26)15(18(28)31-9)12-8-32-19(20-12)24-17(27)16(10(2)23-24)22-21-11-5-3-4-6-13(11)25(29)30/h3-8,23,26H,1-2H3. The van der Waals surface area contributed by atoms with Crippen LogP contribution in [0, 0.1) is 24.0 Å². The zero-order chi connectivity index (χ0) is 23.0. The molecule has 0 aliphatic heterocycles. The van der Waals surface area contributed by atoms with E-state index in [9.17, 15) is 24.8 Å². The minimum atomic E-state index is -0.756. The summed E-state index contributed by atoms with van der Waals surface area (Å²) in [7, 11) is 0.